The molecule has 156 valence electrons. The van der Waals surface area contributed by atoms with Gasteiger partial charge in [-0.25, -0.2) is 8.42 Å². The van der Waals surface area contributed by atoms with Crippen LogP contribution in [-0.2, 0) is 19.6 Å². The maximum atomic E-state index is 12.9. The molecule has 7 nitrogen and oxygen atoms in total. The molecule has 27 heavy (non-hydrogen) atoms. The van der Waals surface area contributed by atoms with E-state index in [0.717, 1.165) is 64.7 Å². The van der Waals surface area contributed by atoms with Crippen LogP contribution in [0.3, 0.4) is 0 Å². The molecule has 1 unspecified atom stereocenters. The van der Waals surface area contributed by atoms with Crippen molar-refractivity contribution in [1.29, 1.82) is 0 Å². The number of sulfonamides is 1. The zero-order chi connectivity index (χ0) is 19.3. The molecule has 3 fully saturated rings. The lowest BCUT2D eigenvalue weighted by Crippen LogP contribution is -2.54. The highest BCUT2D eigenvalue weighted by Crippen LogP contribution is 2.27. The van der Waals surface area contributed by atoms with E-state index < -0.39 is 10.0 Å². The lowest BCUT2D eigenvalue weighted by atomic mass is 9.87. The predicted octanol–water partition coefficient (Wildman–Crippen LogP) is 1.15. The molecule has 0 aromatic heterocycles. The second-order valence-electron chi connectivity index (χ2n) is 8.24. The Balaban J connectivity index is 1.60. The number of amides is 1. The van der Waals surface area contributed by atoms with E-state index in [4.69, 9.17) is 4.74 Å². The van der Waals surface area contributed by atoms with Crippen molar-refractivity contribution >= 4 is 15.9 Å². The van der Waals surface area contributed by atoms with Crippen LogP contribution >= 0.6 is 0 Å². The van der Waals surface area contributed by atoms with Crippen LogP contribution in [0.5, 0.6) is 0 Å². The molecule has 0 N–H and O–H groups in total. The number of carbonyl (C=O) groups excluding carboxylic acids is 1. The third-order valence-electron chi connectivity index (χ3n) is 6.24. The number of ether oxygens (including phenoxy) is 1. The first-order valence-electron chi connectivity index (χ1n) is 10.5. The summed E-state index contributed by atoms with van der Waals surface area (Å²) in [5, 5.41) is 0. The normalized spacial score (nSPS) is 26.4. The van der Waals surface area contributed by atoms with Gasteiger partial charge in [-0.2, -0.15) is 4.31 Å². The van der Waals surface area contributed by atoms with Crippen molar-refractivity contribution in [3.8, 4) is 0 Å². The van der Waals surface area contributed by atoms with Crippen LogP contribution in [0.15, 0.2) is 0 Å². The minimum absolute atomic E-state index is 0.0951. The fraction of sp³-hybridized carbons (Fsp3) is 0.947. The molecule has 0 aromatic carbocycles. The Hall–Kier alpha value is -0.700. The molecule has 0 spiro atoms. The van der Waals surface area contributed by atoms with E-state index in [1.807, 2.05) is 4.90 Å². The van der Waals surface area contributed by atoms with Gasteiger partial charge in [-0.05, 0) is 25.7 Å². The summed E-state index contributed by atoms with van der Waals surface area (Å²) < 4.78 is 31.9. The zero-order valence-electron chi connectivity index (χ0n) is 16.6. The molecule has 3 rings (SSSR count). The fourth-order valence-electron chi connectivity index (χ4n) is 4.68. The lowest BCUT2D eigenvalue weighted by molar-refractivity contribution is -0.138. The highest BCUT2D eigenvalue weighted by molar-refractivity contribution is 7.88. The molecule has 1 saturated carbocycles. The number of likely N-dealkylation sites (tertiary alicyclic amines) is 1. The van der Waals surface area contributed by atoms with E-state index in [1.54, 1.807) is 4.31 Å². The molecular formula is C19H35N3O4S. The molecule has 1 aliphatic carbocycles. The number of morpholine rings is 1. The Morgan fingerprint density at radius 2 is 1.74 bits per heavy atom. The SMILES string of the molecule is CS(=O)(=O)N(CCN1CCOCC1)C1CCCN(C(=O)C2CCCCC2)C1. The standard InChI is InChI=1S/C19H35N3O4S/c1-27(24,25)22(11-10-20-12-14-26-15-13-20)18-8-5-9-21(16-18)19(23)17-6-3-2-4-7-17/h17-18H,2-16H2,1H3. The van der Waals surface area contributed by atoms with Gasteiger partial charge in [0.15, 0.2) is 0 Å². The molecule has 3 aliphatic rings. The second kappa shape index (κ2) is 9.67. The molecule has 1 amide bonds. The van der Waals surface area contributed by atoms with Gasteiger partial charge >= 0.3 is 0 Å². The summed E-state index contributed by atoms with van der Waals surface area (Å²) in [7, 11) is -3.30. The van der Waals surface area contributed by atoms with Crippen LogP contribution in [0.2, 0.25) is 0 Å². The summed E-state index contributed by atoms with van der Waals surface area (Å²) in [4.78, 5) is 17.1. The number of carbonyl (C=O) groups is 1. The van der Waals surface area contributed by atoms with Crippen molar-refractivity contribution in [3.05, 3.63) is 0 Å². The fourth-order valence-corrected chi connectivity index (χ4v) is 5.81. The van der Waals surface area contributed by atoms with Gasteiger partial charge in [0.25, 0.3) is 0 Å². The van der Waals surface area contributed by atoms with Gasteiger partial charge in [0.2, 0.25) is 15.9 Å². The molecule has 2 saturated heterocycles. The largest absolute Gasteiger partial charge is 0.379 e. The molecule has 0 bridgehead atoms. The van der Waals surface area contributed by atoms with Crippen LogP contribution < -0.4 is 0 Å². The van der Waals surface area contributed by atoms with Gasteiger partial charge in [0, 0.05) is 51.2 Å². The summed E-state index contributed by atoms with van der Waals surface area (Å²) in [5.74, 6) is 0.401. The Morgan fingerprint density at radius 1 is 1.04 bits per heavy atom. The minimum Gasteiger partial charge on any atom is -0.379 e. The molecular weight excluding hydrogens is 366 g/mol. The van der Waals surface area contributed by atoms with Crippen LogP contribution in [0.1, 0.15) is 44.9 Å². The summed E-state index contributed by atoms with van der Waals surface area (Å²) >= 11 is 0. The second-order valence-corrected chi connectivity index (χ2v) is 10.2. The van der Waals surface area contributed by atoms with Gasteiger partial charge in [0.1, 0.15) is 0 Å². The minimum atomic E-state index is -3.30. The van der Waals surface area contributed by atoms with Crippen molar-refractivity contribution in [2.24, 2.45) is 5.92 Å². The Bertz CT molecular complexity index is 586. The van der Waals surface area contributed by atoms with Gasteiger partial charge in [0.05, 0.1) is 19.5 Å². The monoisotopic (exact) mass is 401 g/mol. The van der Waals surface area contributed by atoms with Crippen molar-refractivity contribution < 1.29 is 17.9 Å². The highest BCUT2D eigenvalue weighted by atomic mass is 32.2. The lowest BCUT2D eigenvalue weighted by Gasteiger charge is -2.40. The molecule has 1 atom stereocenters. The average Bonchev–Trinajstić information content (AvgIpc) is 2.68. The van der Waals surface area contributed by atoms with Crippen molar-refractivity contribution in [2.45, 2.75) is 51.0 Å². The number of piperidine rings is 1. The number of rotatable bonds is 6. The number of hydrogen-bond acceptors (Lipinski definition) is 5. The first-order chi connectivity index (χ1) is 12.9. The van der Waals surface area contributed by atoms with E-state index in [2.05, 4.69) is 4.90 Å². The van der Waals surface area contributed by atoms with E-state index in [1.165, 1.54) is 12.7 Å². The Morgan fingerprint density at radius 3 is 2.41 bits per heavy atom. The third kappa shape index (κ3) is 5.89. The smallest absolute Gasteiger partial charge is 0.225 e. The summed E-state index contributed by atoms with van der Waals surface area (Å²) in [5.41, 5.74) is 0. The maximum Gasteiger partial charge on any atom is 0.225 e. The highest BCUT2D eigenvalue weighted by Gasteiger charge is 2.35. The Kier molecular flexibility index (Phi) is 7.53. The van der Waals surface area contributed by atoms with Crippen molar-refractivity contribution in [2.75, 3.05) is 58.7 Å². The number of hydrogen-bond donors (Lipinski definition) is 0. The van der Waals surface area contributed by atoms with Gasteiger partial charge < -0.3 is 9.64 Å². The average molecular weight is 402 g/mol. The first-order valence-corrected chi connectivity index (χ1v) is 12.4. The van der Waals surface area contributed by atoms with Crippen LogP contribution in [0.4, 0.5) is 0 Å². The predicted molar refractivity (Wildman–Crippen MR) is 105 cm³/mol. The van der Waals surface area contributed by atoms with Crippen LogP contribution in [0.25, 0.3) is 0 Å². The third-order valence-corrected chi connectivity index (χ3v) is 7.57. The zero-order valence-corrected chi connectivity index (χ0v) is 17.5. The quantitative estimate of drug-likeness (QED) is 0.668. The topological polar surface area (TPSA) is 70.2 Å². The summed E-state index contributed by atoms with van der Waals surface area (Å²) in [6.45, 7) is 5.68. The van der Waals surface area contributed by atoms with E-state index in [0.29, 0.717) is 26.3 Å². The van der Waals surface area contributed by atoms with Crippen LogP contribution in [0, 0.1) is 5.92 Å². The van der Waals surface area contributed by atoms with Gasteiger partial charge in [-0.15, -0.1) is 0 Å². The summed E-state index contributed by atoms with van der Waals surface area (Å²) in [6, 6.07) is -0.0951. The Labute approximate surface area is 164 Å². The summed E-state index contributed by atoms with van der Waals surface area (Å²) in [6.07, 6.45) is 8.52. The number of nitrogens with zero attached hydrogens (tertiary/aromatic N) is 3. The first kappa shape index (κ1) is 21.0. The molecule has 0 radical (unpaired) electrons. The van der Waals surface area contributed by atoms with E-state index in [9.17, 15) is 13.2 Å². The van der Waals surface area contributed by atoms with E-state index >= 15 is 0 Å². The van der Waals surface area contributed by atoms with Gasteiger partial charge in [-0.3, -0.25) is 9.69 Å². The molecule has 8 heteroatoms. The van der Waals surface area contributed by atoms with E-state index in [-0.39, 0.29) is 17.9 Å². The van der Waals surface area contributed by atoms with Crippen molar-refractivity contribution in [3.63, 3.8) is 0 Å². The molecule has 2 aliphatic heterocycles. The molecule has 0 aromatic rings. The van der Waals surface area contributed by atoms with Crippen molar-refractivity contribution in [1.82, 2.24) is 14.1 Å². The molecule has 2 heterocycles. The van der Waals surface area contributed by atoms with Crippen LogP contribution in [-0.4, -0.2) is 93.2 Å². The maximum absolute atomic E-state index is 12.9. The van der Waals surface area contributed by atoms with Gasteiger partial charge in [-0.1, -0.05) is 19.3 Å².